The molecule has 0 saturated heterocycles. The van der Waals surface area contributed by atoms with Crippen LogP contribution in [0.4, 0.5) is 0 Å². The molecular weight excluding hydrogens is 533 g/mol. The van der Waals surface area contributed by atoms with Gasteiger partial charge in [0.05, 0.1) is 17.4 Å². The second-order valence-corrected chi connectivity index (χ2v) is 11.2. The number of sulfonamides is 1. The Hall–Kier alpha value is -1.08. The molecule has 2 rings (SSSR count). The van der Waals surface area contributed by atoms with Gasteiger partial charge in [-0.15, -0.1) is 0 Å². The third-order valence-electron chi connectivity index (χ3n) is 3.68. The maximum absolute atomic E-state index is 12.8. The number of hydrogen-bond acceptors (Lipinski definition) is 7. The SMILES string of the molecule is COCCNS(=O)(=O)c1cc(Cl)cc(CS(=O)(=O)c2cc(Br)cc(Cl)c2O)c1O. The minimum atomic E-state index is -4.23. The molecule has 29 heavy (non-hydrogen) atoms. The van der Waals surface area contributed by atoms with Crippen molar-refractivity contribution in [1.82, 2.24) is 4.72 Å². The Kier molecular flexibility index (Phi) is 7.82. The van der Waals surface area contributed by atoms with Crippen molar-refractivity contribution in [3.8, 4) is 11.5 Å². The van der Waals surface area contributed by atoms with Crippen LogP contribution >= 0.6 is 39.1 Å². The molecular formula is C16H16BrCl2NO7S2. The highest BCUT2D eigenvalue weighted by Crippen LogP contribution is 2.38. The fraction of sp³-hybridized carbons (Fsp3) is 0.250. The third-order valence-corrected chi connectivity index (χ3v) is 7.79. The van der Waals surface area contributed by atoms with Gasteiger partial charge in [-0.1, -0.05) is 39.1 Å². The molecule has 0 spiro atoms. The van der Waals surface area contributed by atoms with E-state index >= 15 is 0 Å². The van der Waals surface area contributed by atoms with Crippen LogP contribution in [0.5, 0.6) is 11.5 Å². The van der Waals surface area contributed by atoms with Crippen molar-refractivity contribution in [3.05, 3.63) is 44.3 Å². The monoisotopic (exact) mass is 547 g/mol. The maximum atomic E-state index is 12.8. The van der Waals surface area contributed by atoms with Crippen molar-refractivity contribution in [2.24, 2.45) is 0 Å². The first kappa shape index (κ1) is 24.2. The van der Waals surface area contributed by atoms with Crippen LogP contribution in [0.15, 0.2) is 38.5 Å². The van der Waals surface area contributed by atoms with Gasteiger partial charge in [0.15, 0.2) is 15.6 Å². The molecule has 0 saturated carbocycles. The molecule has 0 unspecified atom stereocenters. The molecule has 0 atom stereocenters. The first-order chi connectivity index (χ1) is 13.4. The van der Waals surface area contributed by atoms with E-state index in [0.29, 0.717) is 4.47 Å². The summed E-state index contributed by atoms with van der Waals surface area (Å²) in [6.45, 7) is 0.0214. The second kappa shape index (κ2) is 9.38. The summed E-state index contributed by atoms with van der Waals surface area (Å²) in [5.74, 6) is -2.27. The number of ether oxygens (including phenoxy) is 1. The number of methoxy groups -OCH3 is 1. The molecule has 2 aromatic carbocycles. The molecule has 0 aliphatic rings. The summed E-state index contributed by atoms with van der Waals surface area (Å²) in [6, 6.07) is 4.57. The first-order valence-electron chi connectivity index (χ1n) is 7.80. The van der Waals surface area contributed by atoms with Crippen molar-refractivity contribution >= 4 is 59.0 Å². The Balaban J connectivity index is 2.51. The van der Waals surface area contributed by atoms with Crippen LogP contribution in [-0.2, 0) is 30.4 Å². The van der Waals surface area contributed by atoms with Crippen LogP contribution in [0, 0.1) is 0 Å². The highest BCUT2D eigenvalue weighted by molar-refractivity contribution is 9.10. The Morgan fingerprint density at radius 2 is 1.69 bits per heavy atom. The predicted octanol–water partition coefficient (Wildman–Crippen LogP) is 3.07. The summed E-state index contributed by atoms with van der Waals surface area (Å²) in [4.78, 5) is -1.07. The van der Waals surface area contributed by atoms with Crippen LogP contribution in [0.3, 0.4) is 0 Å². The average molecular weight is 549 g/mol. The highest BCUT2D eigenvalue weighted by Gasteiger charge is 2.27. The van der Waals surface area contributed by atoms with Crippen LogP contribution in [0.2, 0.25) is 10.0 Å². The summed E-state index contributed by atoms with van der Waals surface area (Å²) < 4.78 is 57.7. The van der Waals surface area contributed by atoms with Gasteiger partial charge in [-0.25, -0.2) is 21.6 Å². The lowest BCUT2D eigenvalue weighted by Crippen LogP contribution is -2.27. The Morgan fingerprint density at radius 1 is 1.03 bits per heavy atom. The van der Waals surface area contributed by atoms with Gasteiger partial charge in [0.2, 0.25) is 10.0 Å². The molecule has 0 aliphatic heterocycles. The second-order valence-electron chi connectivity index (χ2n) is 5.80. The molecule has 2 aromatic rings. The molecule has 13 heteroatoms. The smallest absolute Gasteiger partial charge is 0.244 e. The van der Waals surface area contributed by atoms with Gasteiger partial charge in [-0.2, -0.15) is 0 Å². The zero-order valence-corrected chi connectivity index (χ0v) is 19.5. The molecule has 0 aromatic heterocycles. The van der Waals surface area contributed by atoms with E-state index in [1.54, 1.807) is 0 Å². The number of phenols is 2. The van der Waals surface area contributed by atoms with Crippen molar-refractivity contribution in [1.29, 1.82) is 0 Å². The van der Waals surface area contributed by atoms with Gasteiger partial charge in [-0.3, -0.25) is 0 Å². The molecule has 0 amide bonds. The fourth-order valence-electron chi connectivity index (χ4n) is 2.36. The molecule has 0 radical (unpaired) electrons. The minimum Gasteiger partial charge on any atom is -0.506 e. The summed E-state index contributed by atoms with van der Waals surface area (Å²) in [7, 11) is -7.03. The summed E-state index contributed by atoms with van der Waals surface area (Å²) in [6.07, 6.45) is 0. The fourth-order valence-corrected chi connectivity index (χ4v) is 6.35. The van der Waals surface area contributed by atoms with E-state index in [4.69, 9.17) is 27.9 Å². The summed E-state index contributed by atoms with van der Waals surface area (Å²) >= 11 is 14.9. The van der Waals surface area contributed by atoms with E-state index in [9.17, 15) is 27.0 Å². The zero-order valence-electron chi connectivity index (χ0n) is 14.8. The summed E-state index contributed by atoms with van der Waals surface area (Å²) in [5, 5.41) is 20.2. The number of nitrogens with one attached hydrogen (secondary N) is 1. The number of phenolic OH excluding ortho intramolecular Hbond substituents is 2. The molecule has 0 heterocycles. The normalized spacial score (nSPS) is 12.3. The van der Waals surface area contributed by atoms with Crippen LogP contribution < -0.4 is 4.72 Å². The maximum Gasteiger partial charge on any atom is 0.244 e. The highest BCUT2D eigenvalue weighted by atomic mass is 79.9. The van der Waals surface area contributed by atoms with E-state index in [1.807, 2.05) is 0 Å². The Morgan fingerprint density at radius 3 is 2.31 bits per heavy atom. The Bertz CT molecular complexity index is 1140. The van der Waals surface area contributed by atoms with Crippen LogP contribution in [0.1, 0.15) is 5.56 Å². The molecule has 8 nitrogen and oxygen atoms in total. The lowest BCUT2D eigenvalue weighted by molar-refractivity contribution is 0.204. The van der Waals surface area contributed by atoms with Crippen molar-refractivity contribution < 1.29 is 31.8 Å². The van der Waals surface area contributed by atoms with Crippen molar-refractivity contribution in [3.63, 3.8) is 0 Å². The largest absolute Gasteiger partial charge is 0.506 e. The molecule has 0 fully saturated rings. The lowest BCUT2D eigenvalue weighted by atomic mass is 10.2. The van der Waals surface area contributed by atoms with E-state index in [-0.39, 0.29) is 28.8 Å². The van der Waals surface area contributed by atoms with Crippen LogP contribution in [-0.4, -0.2) is 47.3 Å². The van der Waals surface area contributed by atoms with Gasteiger partial charge in [-0.05, 0) is 24.3 Å². The van der Waals surface area contributed by atoms with E-state index < -0.39 is 46.9 Å². The van der Waals surface area contributed by atoms with Gasteiger partial charge >= 0.3 is 0 Å². The quantitative estimate of drug-likeness (QED) is 0.432. The molecule has 3 N–H and O–H groups in total. The predicted molar refractivity (Wildman–Crippen MR) is 112 cm³/mol. The zero-order chi connectivity index (χ0) is 22.0. The lowest BCUT2D eigenvalue weighted by Gasteiger charge is -2.14. The molecule has 160 valence electrons. The van der Waals surface area contributed by atoms with Gasteiger partial charge in [0.25, 0.3) is 0 Å². The van der Waals surface area contributed by atoms with Crippen LogP contribution in [0.25, 0.3) is 0 Å². The average Bonchev–Trinajstić information content (AvgIpc) is 2.60. The Labute approximate surface area is 186 Å². The molecule has 0 bridgehead atoms. The minimum absolute atomic E-state index is 0.0666. The first-order valence-corrected chi connectivity index (χ1v) is 12.5. The van der Waals surface area contributed by atoms with Crippen molar-refractivity contribution in [2.75, 3.05) is 20.3 Å². The number of benzene rings is 2. The number of rotatable bonds is 8. The summed E-state index contributed by atoms with van der Waals surface area (Å²) in [5.41, 5.74) is -0.264. The standard InChI is InChI=1S/C16H16BrCl2NO7S2/c1-27-3-2-20-29(25,26)14-7-11(18)4-9(15(14)21)8-28(23,24)13-6-10(17)5-12(19)16(13)22/h4-7,20-22H,2-3,8H2,1H3. The van der Waals surface area contributed by atoms with Gasteiger partial charge in [0, 0.05) is 28.7 Å². The van der Waals surface area contributed by atoms with E-state index in [1.165, 1.54) is 13.2 Å². The topological polar surface area (TPSA) is 130 Å². The van der Waals surface area contributed by atoms with E-state index in [0.717, 1.165) is 18.2 Å². The molecule has 0 aliphatic carbocycles. The number of hydrogen-bond donors (Lipinski definition) is 3. The number of aromatic hydroxyl groups is 2. The van der Waals surface area contributed by atoms with E-state index in [2.05, 4.69) is 20.7 Å². The third kappa shape index (κ3) is 5.75. The van der Waals surface area contributed by atoms with Gasteiger partial charge in [0.1, 0.15) is 15.5 Å². The number of halogens is 3. The van der Waals surface area contributed by atoms with Gasteiger partial charge < -0.3 is 14.9 Å². The van der Waals surface area contributed by atoms with Crippen molar-refractivity contribution in [2.45, 2.75) is 15.5 Å². The number of sulfone groups is 1.